The molecule has 0 bridgehead atoms. The fourth-order valence-corrected chi connectivity index (χ4v) is 2.63. The van der Waals surface area contributed by atoms with Gasteiger partial charge in [-0.05, 0) is 49.2 Å². The Kier molecular flexibility index (Phi) is 7.04. The molecule has 0 radical (unpaired) electrons. The van der Waals surface area contributed by atoms with E-state index in [2.05, 4.69) is 5.32 Å². The van der Waals surface area contributed by atoms with Gasteiger partial charge in [-0.2, -0.15) is 0 Å². The van der Waals surface area contributed by atoms with Crippen LogP contribution in [-0.4, -0.2) is 25.4 Å². The highest BCUT2D eigenvalue weighted by Gasteiger charge is 2.15. The molecule has 0 saturated heterocycles. The molecule has 0 aromatic heterocycles. The Hall–Kier alpha value is -2.53. The van der Waals surface area contributed by atoms with Gasteiger partial charge >= 0.3 is 0 Å². The number of halogens is 1. The Bertz CT molecular complexity index is 774. The van der Waals surface area contributed by atoms with Crippen molar-refractivity contribution in [1.82, 2.24) is 5.32 Å². The summed E-state index contributed by atoms with van der Waals surface area (Å²) >= 11 is 5.90. The molecular formula is C20H22ClNO4. The lowest BCUT2D eigenvalue weighted by Crippen LogP contribution is -2.32. The average molecular weight is 376 g/mol. The van der Waals surface area contributed by atoms with Gasteiger partial charge in [-0.25, -0.2) is 0 Å². The monoisotopic (exact) mass is 375 g/mol. The second kappa shape index (κ2) is 9.25. The highest BCUT2D eigenvalue weighted by atomic mass is 35.5. The van der Waals surface area contributed by atoms with E-state index >= 15 is 0 Å². The summed E-state index contributed by atoms with van der Waals surface area (Å²) in [5.74, 6) is 0.508. The van der Waals surface area contributed by atoms with E-state index in [4.69, 9.17) is 21.1 Å². The van der Waals surface area contributed by atoms with Crippen molar-refractivity contribution in [3.05, 3.63) is 58.6 Å². The van der Waals surface area contributed by atoms with Crippen molar-refractivity contribution < 1.29 is 19.1 Å². The molecule has 2 rings (SSSR count). The summed E-state index contributed by atoms with van der Waals surface area (Å²) in [7, 11) is 1.49. The molecule has 0 aliphatic heterocycles. The molecule has 1 amide bonds. The first kappa shape index (κ1) is 19.8. The molecule has 5 nitrogen and oxygen atoms in total. The Balaban J connectivity index is 1.99. The van der Waals surface area contributed by atoms with Crippen LogP contribution in [0.1, 0.15) is 42.2 Å². The summed E-state index contributed by atoms with van der Waals surface area (Å²) in [4.78, 5) is 23.7. The van der Waals surface area contributed by atoms with Crippen LogP contribution in [0.25, 0.3) is 0 Å². The van der Waals surface area contributed by atoms with Gasteiger partial charge in [-0.1, -0.05) is 30.7 Å². The maximum absolute atomic E-state index is 12.2. The van der Waals surface area contributed by atoms with Crippen molar-refractivity contribution in [3.63, 3.8) is 0 Å². The lowest BCUT2D eigenvalue weighted by molar-refractivity contribution is -0.123. The molecule has 1 atom stereocenters. The summed E-state index contributed by atoms with van der Waals surface area (Å²) in [5, 5.41) is 3.59. The number of Topliss-reactive ketones (excluding diaryl/α,β-unsaturated/α-hetero) is 1. The molecule has 0 heterocycles. The van der Waals surface area contributed by atoms with Gasteiger partial charge in [0.2, 0.25) is 0 Å². The molecule has 0 unspecified atom stereocenters. The third-order valence-corrected chi connectivity index (χ3v) is 4.20. The lowest BCUT2D eigenvalue weighted by Gasteiger charge is -2.18. The van der Waals surface area contributed by atoms with E-state index in [-0.39, 0.29) is 24.3 Å². The van der Waals surface area contributed by atoms with E-state index < -0.39 is 0 Å². The molecule has 1 N–H and O–H groups in total. The van der Waals surface area contributed by atoms with Crippen molar-refractivity contribution in [2.45, 2.75) is 26.3 Å². The molecule has 2 aromatic rings. The Morgan fingerprint density at radius 1 is 1.12 bits per heavy atom. The van der Waals surface area contributed by atoms with Crippen molar-refractivity contribution in [3.8, 4) is 11.5 Å². The predicted molar refractivity (Wildman–Crippen MR) is 101 cm³/mol. The first-order valence-electron chi connectivity index (χ1n) is 8.31. The molecule has 0 aliphatic carbocycles. The summed E-state index contributed by atoms with van der Waals surface area (Å²) in [6, 6.07) is 12.1. The number of carbonyl (C=O) groups excluding carboxylic acids is 2. The van der Waals surface area contributed by atoms with Gasteiger partial charge < -0.3 is 14.8 Å². The van der Waals surface area contributed by atoms with Gasteiger partial charge in [0.1, 0.15) is 0 Å². The van der Waals surface area contributed by atoms with Crippen LogP contribution in [0.5, 0.6) is 11.5 Å². The van der Waals surface area contributed by atoms with Crippen LogP contribution >= 0.6 is 11.6 Å². The molecule has 0 fully saturated rings. The van der Waals surface area contributed by atoms with Crippen LogP contribution in [0.3, 0.4) is 0 Å². The van der Waals surface area contributed by atoms with Crippen LogP contribution in [-0.2, 0) is 4.79 Å². The van der Waals surface area contributed by atoms with E-state index in [0.29, 0.717) is 22.1 Å². The number of methoxy groups -OCH3 is 1. The van der Waals surface area contributed by atoms with Gasteiger partial charge in [0.25, 0.3) is 5.91 Å². The standard InChI is InChI=1S/C20H22ClNO4/c1-4-17(14-5-8-16(21)9-6-14)22-20(24)12-26-18-10-7-15(13(2)23)11-19(18)25-3/h5-11,17H,4,12H2,1-3H3,(H,22,24)/t17-/m1/s1. The summed E-state index contributed by atoms with van der Waals surface area (Å²) in [5.41, 5.74) is 1.50. The van der Waals surface area contributed by atoms with Crippen molar-refractivity contribution in [1.29, 1.82) is 0 Å². The third kappa shape index (κ3) is 5.23. The first-order valence-corrected chi connectivity index (χ1v) is 8.69. The molecule has 138 valence electrons. The fraction of sp³-hybridized carbons (Fsp3) is 0.300. The number of carbonyl (C=O) groups is 2. The predicted octanol–water partition coefficient (Wildman–Crippen LogP) is 4.20. The van der Waals surface area contributed by atoms with E-state index in [1.54, 1.807) is 30.3 Å². The molecule has 0 spiro atoms. The van der Waals surface area contributed by atoms with Gasteiger partial charge in [-0.15, -0.1) is 0 Å². The maximum atomic E-state index is 12.2. The van der Waals surface area contributed by atoms with Gasteiger partial charge in [0.15, 0.2) is 23.9 Å². The minimum absolute atomic E-state index is 0.0682. The van der Waals surface area contributed by atoms with Gasteiger partial charge in [0.05, 0.1) is 13.2 Å². The van der Waals surface area contributed by atoms with Crippen molar-refractivity contribution in [2.75, 3.05) is 13.7 Å². The molecular weight excluding hydrogens is 354 g/mol. The van der Waals surface area contributed by atoms with E-state index in [1.165, 1.54) is 14.0 Å². The van der Waals surface area contributed by atoms with E-state index in [1.807, 2.05) is 19.1 Å². The largest absolute Gasteiger partial charge is 0.493 e. The highest BCUT2D eigenvalue weighted by molar-refractivity contribution is 6.30. The zero-order valence-electron chi connectivity index (χ0n) is 15.0. The second-order valence-corrected chi connectivity index (χ2v) is 6.23. The number of ether oxygens (including phenoxy) is 2. The van der Waals surface area contributed by atoms with Crippen LogP contribution in [0.15, 0.2) is 42.5 Å². The lowest BCUT2D eigenvalue weighted by atomic mass is 10.0. The molecule has 6 heteroatoms. The summed E-state index contributed by atoms with van der Waals surface area (Å²) in [6.07, 6.45) is 0.740. The maximum Gasteiger partial charge on any atom is 0.258 e. The summed E-state index contributed by atoms with van der Waals surface area (Å²) in [6.45, 7) is 3.31. The third-order valence-electron chi connectivity index (χ3n) is 3.94. The summed E-state index contributed by atoms with van der Waals surface area (Å²) < 4.78 is 10.8. The van der Waals surface area contributed by atoms with Crippen LogP contribution in [0.4, 0.5) is 0 Å². The smallest absolute Gasteiger partial charge is 0.258 e. The highest BCUT2D eigenvalue weighted by Crippen LogP contribution is 2.28. The average Bonchev–Trinajstić information content (AvgIpc) is 2.65. The fourth-order valence-electron chi connectivity index (χ4n) is 2.50. The van der Waals surface area contributed by atoms with Crippen molar-refractivity contribution >= 4 is 23.3 Å². The van der Waals surface area contributed by atoms with Crippen molar-refractivity contribution in [2.24, 2.45) is 0 Å². The van der Waals surface area contributed by atoms with Crippen LogP contribution < -0.4 is 14.8 Å². The topological polar surface area (TPSA) is 64.6 Å². The van der Waals surface area contributed by atoms with E-state index in [0.717, 1.165) is 12.0 Å². The number of hydrogen-bond donors (Lipinski definition) is 1. The number of ketones is 1. The minimum atomic E-state index is -0.246. The number of rotatable bonds is 8. The Morgan fingerprint density at radius 2 is 1.81 bits per heavy atom. The Morgan fingerprint density at radius 3 is 2.38 bits per heavy atom. The van der Waals surface area contributed by atoms with Crippen LogP contribution in [0, 0.1) is 0 Å². The van der Waals surface area contributed by atoms with Gasteiger partial charge in [-0.3, -0.25) is 9.59 Å². The molecule has 0 saturated carbocycles. The first-order chi connectivity index (χ1) is 12.4. The number of amides is 1. The number of benzene rings is 2. The normalized spacial score (nSPS) is 11.5. The number of nitrogens with one attached hydrogen (secondary N) is 1. The second-order valence-electron chi connectivity index (χ2n) is 5.79. The molecule has 2 aromatic carbocycles. The minimum Gasteiger partial charge on any atom is -0.493 e. The van der Waals surface area contributed by atoms with E-state index in [9.17, 15) is 9.59 Å². The zero-order valence-corrected chi connectivity index (χ0v) is 15.8. The Labute approximate surface area is 158 Å². The number of hydrogen-bond acceptors (Lipinski definition) is 4. The molecule has 26 heavy (non-hydrogen) atoms. The van der Waals surface area contributed by atoms with Crippen LogP contribution in [0.2, 0.25) is 5.02 Å². The molecule has 0 aliphatic rings. The van der Waals surface area contributed by atoms with Gasteiger partial charge in [0, 0.05) is 10.6 Å². The SMILES string of the molecule is CC[C@@H](NC(=O)COc1ccc(C(C)=O)cc1OC)c1ccc(Cl)cc1. The zero-order chi connectivity index (χ0) is 19.1. The quantitative estimate of drug-likeness (QED) is 0.702.